The molecule has 26 heavy (non-hydrogen) atoms. The Labute approximate surface area is 153 Å². The average Bonchev–Trinajstić information content (AvgIpc) is 3.08. The van der Waals surface area contributed by atoms with Gasteiger partial charge >= 0.3 is 0 Å². The second kappa shape index (κ2) is 7.88. The molecule has 6 nitrogen and oxygen atoms in total. The van der Waals surface area contributed by atoms with Gasteiger partial charge in [-0.05, 0) is 36.1 Å². The molecule has 2 aromatic rings. The summed E-state index contributed by atoms with van der Waals surface area (Å²) in [6.07, 6.45) is 7.52. The van der Waals surface area contributed by atoms with Gasteiger partial charge in [0.05, 0.1) is 6.20 Å². The molecule has 0 unspecified atom stereocenters. The first-order valence-electron chi connectivity index (χ1n) is 8.52. The molecule has 3 rings (SSSR count). The van der Waals surface area contributed by atoms with Crippen LogP contribution < -0.4 is 10.2 Å². The molecule has 0 bridgehead atoms. The summed E-state index contributed by atoms with van der Waals surface area (Å²) in [6, 6.07) is 11.3. The number of hydroxylamine groups is 1. The maximum absolute atomic E-state index is 11.4. The standard InChI is InChI=1S/C19H22N2O4S/c1-3-4-5-14-6-8-15(9-7-14)17-12-18(21-25-17)24-16-10-11-19(20-13-16)26(2,22)23/h6-13,17,21H,3-5H2,1-2H3/t17-/m0/s1. The summed E-state index contributed by atoms with van der Waals surface area (Å²) in [5.74, 6) is 0.870. The Morgan fingerprint density at radius 3 is 2.58 bits per heavy atom. The monoisotopic (exact) mass is 374 g/mol. The Hall–Kier alpha value is -2.38. The lowest BCUT2D eigenvalue weighted by Crippen LogP contribution is -2.12. The number of nitrogens with one attached hydrogen (secondary N) is 1. The van der Waals surface area contributed by atoms with Crippen molar-refractivity contribution in [1.29, 1.82) is 0 Å². The predicted molar refractivity (Wildman–Crippen MR) is 98.1 cm³/mol. The Balaban J connectivity index is 1.64. The fourth-order valence-corrected chi connectivity index (χ4v) is 3.13. The zero-order chi connectivity index (χ0) is 18.6. The molecular weight excluding hydrogens is 352 g/mol. The van der Waals surface area contributed by atoms with Crippen molar-refractivity contribution in [2.24, 2.45) is 0 Å². The van der Waals surface area contributed by atoms with E-state index >= 15 is 0 Å². The van der Waals surface area contributed by atoms with Gasteiger partial charge in [0, 0.05) is 12.3 Å². The molecule has 2 heterocycles. The third-order valence-electron chi connectivity index (χ3n) is 4.03. The van der Waals surface area contributed by atoms with E-state index in [0.717, 1.165) is 18.2 Å². The normalized spacial score (nSPS) is 16.8. The third-order valence-corrected chi connectivity index (χ3v) is 5.03. The number of hydrogen-bond acceptors (Lipinski definition) is 6. The minimum atomic E-state index is -3.32. The first-order chi connectivity index (χ1) is 12.5. The van der Waals surface area contributed by atoms with Crippen LogP contribution in [-0.4, -0.2) is 19.7 Å². The Bertz CT molecular complexity index is 875. The van der Waals surface area contributed by atoms with Crippen LogP contribution in [0.1, 0.15) is 37.0 Å². The number of aryl methyl sites for hydroxylation is 1. The summed E-state index contributed by atoms with van der Waals surface area (Å²) in [7, 11) is -3.32. The number of benzene rings is 1. The molecule has 0 fully saturated rings. The van der Waals surface area contributed by atoms with Crippen molar-refractivity contribution >= 4 is 9.84 Å². The van der Waals surface area contributed by atoms with Crippen molar-refractivity contribution < 1.29 is 18.0 Å². The van der Waals surface area contributed by atoms with Crippen LogP contribution in [0.4, 0.5) is 0 Å². The molecule has 1 aromatic carbocycles. The van der Waals surface area contributed by atoms with E-state index in [0.29, 0.717) is 11.6 Å². The van der Waals surface area contributed by atoms with Crippen LogP contribution in [-0.2, 0) is 21.1 Å². The number of hydrogen-bond donors (Lipinski definition) is 1. The molecule has 0 saturated carbocycles. The van der Waals surface area contributed by atoms with Gasteiger partial charge in [-0.15, -0.1) is 0 Å². The molecule has 0 radical (unpaired) electrons. The van der Waals surface area contributed by atoms with Gasteiger partial charge in [-0.1, -0.05) is 37.6 Å². The molecule has 138 valence electrons. The molecule has 1 aliphatic heterocycles. The van der Waals surface area contributed by atoms with E-state index in [2.05, 4.69) is 41.7 Å². The zero-order valence-corrected chi connectivity index (χ0v) is 15.6. The number of sulfone groups is 1. The fourth-order valence-electron chi connectivity index (χ4n) is 2.57. The average molecular weight is 374 g/mol. The van der Waals surface area contributed by atoms with Gasteiger partial charge in [-0.2, -0.15) is 0 Å². The number of aromatic nitrogens is 1. The maximum Gasteiger partial charge on any atom is 0.216 e. The van der Waals surface area contributed by atoms with Crippen molar-refractivity contribution in [3.63, 3.8) is 0 Å². The highest BCUT2D eigenvalue weighted by Gasteiger charge is 2.20. The van der Waals surface area contributed by atoms with Crippen LogP contribution in [0.2, 0.25) is 0 Å². The van der Waals surface area contributed by atoms with Crippen LogP contribution in [0.25, 0.3) is 0 Å². The number of ether oxygens (including phenoxy) is 1. The van der Waals surface area contributed by atoms with Crippen molar-refractivity contribution in [3.05, 3.63) is 65.7 Å². The second-order valence-corrected chi connectivity index (χ2v) is 8.19. The Kier molecular flexibility index (Phi) is 5.58. The van der Waals surface area contributed by atoms with E-state index in [1.165, 1.54) is 30.7 Å². The zero-order valence-electron chi connectivity index (χ0n) is 14.8. The minimum absolute atomic E-state index is 0.00972. The molecule has 1 atom stereocenters. The number of nitrogens with zero attached hydrogens (tertiary/aromatic N) is 1. The Morgan fingerprint density at radius 2 is 1.96 bits per heavy atom. The highest BCUT2D eigenvalue weighted by atomic mass is 32.2. The molecule has 1 N–H and O–H groups in total. The van der Waals surface area contributed by atoms with E-state index in [1.807, 2.05) is 6.08 Å². The van der Waals surface area contributed by atoms with Crippen LogP contribution in [0.5, 0.6) is 5.75 Å². The molecule has 0 spiro atoms. The smallest absolute Gasteiger partial charge is 0.216 e. The predicted octanol–water partition coefficient (Wildman–Crippen LogP) is 3.32. The first-order valence-corrected chi connectivity index (χ1v) is 10.4. The van der Waals surface area contributed by atoms with Gasteiger partial charge in [-0.25, -0.2) is 18.9 Å². The van der Waals surface area contributed by atoms with Crippen LogP contribution in [0.15, 0.2) is 59.6 Å². The van der Waals surface area contributed by atoms with E-state index in [-0.39, 0.29) is 11.1 Å². The molecule has 0 saturated heterocycles. The number of pyridine rings is 1. The summed E-state index contributed by atoms with van der Waals surface area (Å²) < 4.78 is 28.5. The van der Waals surface area contributed by atoms with Crippen LogP contribution in [0, 0.1) is 0 Å². The van der Waals surface area contributed by atoms with Crippen molar-refractivity contribution in [2.75, 3.05) is 6.26 Å². The summed E-state index contributed by atoms with van der Waals surface area (Å²) in [4.78, 5) is 9.43. The molecule has 1 aromatic heterocycles. The van der Waals surface area contributed by atoms with Gasteiger partial charge in [0.25, 0.3) is 0 Å². The fraction of sp³-hybridized carbons (Fsp3) is 0.316. The van der Waals surface area contributed by atoms with E-state index in [9.17, 15) is 8.42 Å². The van der Waals surface area contributed by atoms with Crippen LogP contribution >= 0.6 is 0 Å². The lowest BCUT2D eigenvalue weighted by Gasteiger charge is -2.08. The van der Waals surface area contributed by atoms with E-state index in [4.69, 9.17) is 9.57 Å². The van der Waals surface area contributed by atoms with Crippen molar-refractivity contribution in [2.45, 2.75) is 37.3 Å². The topological polar surface area (TPSA) is 77.5 Å². The summed E-state index contributed by atoms with van der Waals surface area (Å²) in [6.45, 7) is 2.18. The molecular formula is C19H22N2O4S. The van der Waals surface area contributed by atoms with Crippen LogP contribution in [0.3, 0.4) is 0 Å². The maximum atomic E-state index is 11.4. The van der Waals surface area contributed by atoms with Gasteiger partial charge in [0.15, 0.2) is 14.9 Å². The highest BCUT2D eigenvalue weighted by Crippen LogP contribution is 2.26. The summed E-state index contributed by atoms with van der Waals surface area (Å²) in [5.41, 5.74) is 5.09. The van der Waals surface area contributed by atoms with Crippen molar-refractivity contribution in [1.82, 2.24) is 10.5 Å². The molecule has 0 aliphatic carbocycles. The van der Waals surface area contributed by atoms with Gasteiger partial charge in [0.2, 0.25) is 5.88 Å². The van der Waals surface area contributed by atoms with E-state index in [1.54, 1.807) is 6.07 Å². The second-order valence-electron chi connectivity index (χ2n) is 6.22. The number of rotatable bonds is 7. The minimum Gasteiger partial charge on any atom is -0.438 e. The Morgan fingerprint density at radius 1 is 1.19 bits per heavy atom. The highest BCUT2D eigenvalue weighted by molar-refractivity contribution is 7.90. The summed E-state index contributed by atoms with van der Waals surface area (Å²) in [5, 5.41) is 0.00972. The van der Waals surface area contributed by atoms with Gasteiger partial charge < -0.3 is 4.74 Å². The largest absolute Gasteiger partial charge is 0.438 e. The molecule has 1 aliphatic rings. The molecule has 7 heteroatoms. The lowest BCUT2D eigenvalue weighted by atomic mass is 10.0. The third kappa shape index (κ3) is 4.62. The van der Waals surface area contributed by atoms with Crippen molar-refractivity contribution in [3.8, 4) is 5.75 Å². The van der Waals surface area contributed by atoms with Gasteiger partial charge in [-0.3, -0.25) is 4.84 Å². The quantitative estimate of drug-likeness (QED) is 0.801. The first kappa shape index (κ1) is 18.4. The summed E-state index contributed by atoms with van der Waals surface area (Å²) >= 11 is 0. The van der Waals surface area contributed by atoms with E-state index < -0.39 is 9.84 Å². The van der Waals surface area contributed by atoms with Gasteiger partial charge in [0.1, 0.15) is 11.9 Å². The lowest BCUT2D eigenvalue weighted by molar-refractivity contribution is 0.0273. The number of unbranched alkanes of at least 4 members (excludes halogenated alkanes) is 1. The molecule has 0 amide bonds. The SMILES string of the molecule is CCCCc1ccc([C@@H]2C=C(Oc3ccc(S(C)(=O)=O)nc3)NO2)cc1.